The molecular formula is C18H21N3O4S. The third kappa shape index (κ3) is 4.19. The molecular weight excluding hydrogens is 354 g/mol. The number of rotatable bonds is 5. The highest BCUT2D eigenvalue weighted by Gasteiger charge is 2.29. The molecule has 1 fully saturated rings. The molecule has 0 saturated carbocycles. The van der Waals surface area contributed by atoms with Crippen molar-refractivity contribution >= 4 is 23.2 Å². The number of hydrogen-bond donors (Lipinski definition) is 0. The van der Waals surface area contributed by atoms with E-state index < -0.39 is 0 Å². The molecule has 138 valence electrons. The SMILES string of the molecule is CCOC(=O)[C@@H]1CCCN(C(=O)Cn2cnc(-c3cccs3)cc2=O)C1. The van der Waals surface area contributed by atoms with E-state index in [1.807, 2.05) is 17.5 Å². The summed E-state index contributed by atoms with van der Waals surface area (Å²) in [6, 6.07) is 5.23. The lowest BCUT2D eigenvalue weighted by Gasteiger charge is -2.31. The zero-order valence-corrected chi connectivity index (χ0v) is 15.4. The van der Waals surface area contributed by atoms with Crippen LogP contribution < -0.4 is 5.56 Å². The topological polar surface area (TPSA) is 81.5 Å². The van der Waals surface area contributed by atoms with E-state index in [1.165, 1.54) is 28.3 Å². The minimum absolute atomic E-state index is 0.0773. The van der Waals surface area contributed by atoms with E-state index >= 15 is 0 Å². The highest BCUT2D eigenvalue weighted by Crippen LogP contribution is 2.21. The lowest BCUT2D eigenvalue weighted by molar-refractivity contribution is -0.151. The maximum absolute atomic E-state index is 12.5. The average molecular weight is 375 g/mol. The quantitative estimate of drug-likeness (QED) is 0.744. The Balaban J connectivity index is 1.66. The van der Waals surface area contributed by atoms with E-state index in [-0.39, 0.29) is 29.9 Å². The molecule has 1 aliphatic rings. The molecule has 3 rings (SSSR count). The van der Waals surface area contributed by atoms with E-state index in [0.29, 0.717) is 25.4 Å². The molecule has 1 amide bonds. The Bertz CT molecular complexity index is 831. The molecule has 0 aliphatic carbocycles. The van der Waals surface area contributed by atoms with Crippen LogP contribution in [0.3, 0.4) is 0 Å². The zero-order chi connectivity index (χ0) is 18.5. The second kappa shape index (κ2) is 8.27. The van der Waals surface area contributed by atoms with Gasteiger partial charge >= 0.3 is 5.97 Å². The number of amides is 1. The number of aromatic nitrogens is 2. The van der Waals surface area contributed by atoms with Gasteiger partial charge in [-0.05, 0) is 31.2 Å². The highest BCUT2D eigenvalue weighted by molar-refractivity contribution is 7.13. The van der Waals surface area contributed by atoms with Crippen LogP contribution in [-0.2, 0) is 20.9 Å². The number of hydrogen-bond acceptors (Lipinski definition) is 6. The molecule has 3 heterocycles. The summed E-state index contributed by atoms with van der Waals surface area (Å²) in [5.74, 6) is -0.736. The lowest BCUT2D eigenvalue weighted by Crippen LogP contribution is -2.44. The van der Waals surface area contributed by atoms with Crippen LogP contribution in [0.1, 0.15) is 19.8 Å². The van der Waals surface area contributed by atoms with Gasteiger partial charge in [0.25, 0.3) is 5.56 Å². The molecule has 7 nitrogen and oxygen atoms in total. The Morgan fingerprint density at radius 2 is 2.27 bits per heavy atom. The van der Waals surface area contributed by atoms with Crippen molar-refractivity contribution in [3.8, 4) is 10.6 Å². The van der Waals surface area contributed by atoms with E-state index in [1.54, 1.807) is 11.8 Å². The largest absolute Gasteiger partial charge is 0.466 e. The molecule has 8 heteroatoms. The first-order chi connectivity index (χ1) is 12.6. The lowest BCUT2D eigenvalue weighted by atomic mass is 9.98. The maximum atomic E-state index is 12.5. The Kier molecular flexibility index (Phi) is 5.82. The van der Waals surface area contributed by atoms with Gasteiger partial charge in [-0.2, -0.15) is 0 Å². The Labute approximate surface area is 155 Å². The molecule has 2 aromatic rings. The van der Waals surface area contributed by atoms with E-state index in [4.69, 9.17) is 4.74 Å². The van der Waals surface area contributed by atoms with Crippen molar-refractivity contribution in [1.29, 1.82) is 0 Å². The van der Waals surface area contributed by atoms with Gasteiger partial charge in [-0.1, -0.05) is 6.07 Å². The molecule has 0 radical (unpaired) electrons. The van der Waals surface area contributed by atoms with Crippen LogP contribution in [-0.4, -0.2) is 46.0 Å². The van der Waals surface area contributed by atoms with Gasteiger partial charge in [0, 0.05) is 19.2 Å². The first-order valence-electron chi connectivity index (χ1n) is 8.63. The number of piperidine rings is 1. The van der Waals surface area contributed by atoms with Gasteiger partial charge in [-0.3, -0.25) is 19.0 Å². The molecule has 0 unspecified atom stereocenters. The van der Waals surface area contributed by atoms with Crippen molar-refractivity contribution in [2.45, 2.75) is 26.3 Å². The van der Waals surface area contributed by atoms with Crippen LogP contribution in [0.25, 0.3) is 10.6 Å². The molecule has 1 atom stereocenters. The van der Waals surface area contributed by atoms with Gasteiger partial charge in [0.15, 0.2) is 0 Å². The number of carbonyl (C=O) groups excluding carboxylic acids is 2. The first-order valence-corrected chi connectivity index (χ1v) is 9.51. The first kappa shape index (κ1) is 18.3. The fraction of sp³-hybridized carbons (Fsp3) is 0.444. The number of nitrogens with zero attached hydrogens (tertiary/aromatic N) is 3. The van der Waals surface area contributed by atoms with Gasteiger partial charge in [0.05, 0.1) is 29.4 Å². The van der Waals surface area contributed by atoms with Gasteiger partial charge in [0.1, 0.15) is 6.54 Å². The maximum Gasteiger partial charge on any atom is 0.310 e. The summed E-state index contributed by atoms with van der Waals surface area (Å²) in [4.78, 5) is 43.6. The Morgan fingerprint density at radius 3 is 2.96 bits per heavy atom. The van der Waals surface area contributed by atoms with E-state index in [2.05, 4.69) is 4.98 Å². The number of ether oxygens (including phenoxy) is 1. The molecule has 0 N–H and O–H groups in total. The number of likely N-dealkylation sites (tertiary alicyclic amines) is 1. The molecule has 26 heavy (non-hydrogen) atoms. The predicted molar refractivity (Wildman–Crippen MR) is 97.7 cm³/mol. The fourth-order valence-corrected chi connectivity index (χ4v) is 3.70. The molecule has 1 aliphatic heterocycles. The van der Waals surface area contributed by atoms with E-state index in [0.717, 1.165) is 17.7 Å². The smallest absolute Gasteiger partial charge is 0.310 e. The summed E-state index contributed by atoms with van der Waals surface area (Å²) < 4.78 is 6.35. The number of thiophene rings is 1. The zero-order valence-electron chi connectivity index (χ0n) is 14.6. The van der Waals surface area contributed by atoms with Crippen molar-refractivity contribution in [2.24, 2.45) is 5.92 Å². The van der Waals surface area contributed by atoms with Crippen LogP contribution in [0.4, 0.5) is 0 Å². The summed E-state index contributed by atoms with van der Waals surface area (Å²) in [7, 11) is 0. The monoisotopic (exact) mass is 375 g/mol. The van der Waals surface area contributed by atoms with Crippen molar-refractivity contribution in [2.75, 3.05) is 19.7 Å². The minimum atomic E-state index is -0.288. The van der Waals surface area contributed by atoms with Crippen molar-refractivity contribution in [3.63, 3.8) is 0 Å². The second-order valence-electron chi connectivity index (χ2n) is 6.15. The fourth-order valence-electron chi connectivity index (χ4n) is 3.01. The summed E-state index contributed by atoms with van der Waals surface area (Å²) >= 11 is 1.50. The minimum Gasteiger partial charge on any atom is -0.466 e. The van der Waals surface area contributed by atoms with E-state index in [9.17, 15) is 14.4 Å². The second-order valence-corrected chi connectivity index (χ2v) is 7.10. The van der Waals surface area contributed by atoms with Crippen LogP contribution in [0, 0.1) is 5.92 Å². The summed E-state index contributed by atoms with van der Waals surface area (Å²) in [6.45, 7) is 2.95. The van der Waals surface area contributed by atoms with Crippen LogP contribution in [0.2, 0.25) is 0 Å². The number of carbonyl (C=O) groups is 2. The Morgan fingerprint density at radius 1 is 1.42 bits per heavy atom. The van der Waals surface area contributed by atoms with Gasteiger partial charge in [-0.15, -0.1) is 11.3 Å². The molecule has 0 spiro atoms. The Hall–Kier alpha value is -2.48. The average Bonchev–Trinajstić information content (AvgIpc) is 3.18. The summed E-state index contributed by atoms with van der Waals surface area (Å²) in [5, 5.41) is 1.92. The highest BCUT2D eigenvalue weighted by atomic mass is 32.1. The molecule has 2 aromatic heterocycles. The van der Waals surface area contributed by atoms with Gasteiger partial charge in [-0.25, -0.2) is 4.98 Å². The van der Waals surface area contributed by atoms with Crippen LogP contribution in [0.15, 0.2) is 34.7 Å². The van der Waals surface area contributed by atoms with Crippen molar-refractivity contribution < 1.29 is 14.3 Å². The standard InChI is InChI=1S/C18H21N3O4S/c1-2-25-18(24)13-5-3-7-20(10-13)17(23)11-21-12-19-14(9-16(21)22)15-6-4-8-26-15/h4,6,8-9,12-13H,2-3,5,7,10-11H2,1H3/t13-/m1/s1. The normalized spacial score (nSPS) is 17.1. The van der Waals surface area contributed by atoms with Crippen molar-refractivity contribution in [3.05, 3.63) is 40.3 Å². The third-order valence-electron chi connectivity index (χ3n) is 4.35. The van der Waals surface area contributed by atoms with Crippen LogP contribution in [0.5, 0.6) is 0 Å². The van der Waals surface area contributed by atoms with Gasteiger partial charge in [0.2, 0.25) is 5.91 Å². The van der Waals surface area contributed by atoms with Crippen LogP contribution >= 0.6 is 11.3 Å². The van der Waals surface area contributed by atoms with Crippen molar-refractivity contribution in [1.82, 2.24) is 14.5 Å². The summed E-state index contributed by atoms with van der Waals surface area (Å²) in [6.07, 6.45) is 2.88. The molecule has 0 bridgehead atoms. The summed E-state index contributed by atoms with van der Waals surface area (Å²) in [5.41, 5.74) is 0.338. The third-order valence-corrected chi connectivity index (χ3v) is 5.25. The predicted octanol–water partition coefficient (Wildman–Crippen LogP) is 1.77. The van der Waals surface area contributed by atoms with Gasteiger partial charge < -0.3 is 9.64 Å². The number of esters is 1. The molecule has 0 aromatic carbocycles. The molecule has 1 saturated heterocycles.